The molecule has 2 aromatic heterocycles. The van der Waals surface area contributed by atoms with E-state index in [2.05, 4.69) is 20.2 Å². The third-order valence-electron chi connectivity index (χ3n) is 4.83. The molecule has 148 valence electrons. The van der Waals surface area contributed by atoms with Crippen LogP contribution in [0.25, 0.3) is 11.3 Å². The Bertz CT molecular complexity index is 1130. The minimum Gasteiger partial charge on any atom is -0.369 e. The SMILES string of the molecule is CN1C(=O)C(c2ccnc(CF)c2)(c2cc(F)c(F)c(-c3cc[nH]n3)c2)N=C1N. The van der Waals surface area contributed by atoms with E-state index in [0.717, 1.165) is 11.0 Å². The second kappa shape index (κ2) is 6.73. The summed E-state index contributed by atoms with van der Waals surface area (Å²) in [4.78, 5) is 22.5. The monoisotopic (exact) mass is 400 g/mol. The first-order valence-electron chi connectivity index (χ1n) is 8.53. The fraction of sp³-hybridized carbons (Fsp3) is 0.158. The van der Waals surface area contributed by atoms with E-state index >= 15 is 0 Å². The maximum Gasteiger partial charge on any atom is 0.266 e. The van der Waals surface area contributed by atoms with Gasteiger partial charge >= 0.3 is 0 Å². The van der Waals surface area contributed by atoms with E-state index in [4.69, 9.17) is 5.73 Å². The number of carbonyl (C=O) groups excluding carboxylic acids is 1. The summed E-state index contributed by atoms with van der Waals surface area (Å²) in [5, 5.41) is 6.41. The van der Waals surface area contributed by atoms with Gasteiger partial charge in [0.2, 0.25) is 0 Å². The first-order chi connectivity index (χ1) is 13.9. The maximum atomic E-state index is 14.5. The van der Waals surface area contributed by atoms with Gasteiger partial charge in [0, 0.05) is 25.0 Å². The summed E-state index contributed by atoms with van der Waals surface area (Å²) in [6.07, 6.45) is 2.77. The molecular weight excluding hydrogens is 385 g/mol. The number of likely N-dealkylation sites (N-methyl/N-ethyl adjacent to an activating group) is 1. The molecule has 0 bridgehead atoms. The standard InChI is InChI=1S/C19H15F3N6O/c1-28-17(29)19(26-18(28)23,10-2-4-24-12(6-10)9-20)11-7-13(15-3-5-25-27-15)16(22)14(21)8-11/h2-8H,9H2,1H3,(H2,23,26)(H,25,27). The number of aromatic nitrogens is 3. The van der Waals surface area contributed by atoms with Crippen molar-refractivity contribution in [3.8, 4) is 11.3 Å². The number of pyridine rings is 1. The van der Waals surface area contributed by atoms with Crippen molar-refractivity contribution in [1.29, 1.82) is 0 Å². The van der Waals surface area contributed by atoms with Gasteiger partial charge in [0.15, 0.2) is 23.1 Å². The topological polar surface area (TPSA) is 100 Å². The molecule has 7 nitrogen and oxygen atoms in total. The summed E-state index contributed by atoms with van der Waals surface area (Å²) < 4.78 is 42.2. The van der Waals surface area contributed by atoms with E-state index in [1.807, 2.05) is 0 Å². The number of amides is 1. The molecule has 10 heteroatoms. The molecule has 29 heavy (non-hydrogen) atoms. The highest BCUT2D eigenvalue weighted by atomic mass is 19.2. The number of hydrogen-bond donors (Lipinski definition) is 2. The Morgan fingerprint density at radius 3 is 2.62 bits per heavy atom. The van der Waals surface area contributed by atoms with E-state index in [9.17, 15) is 18.0 Å². The van der Waals surface area contributed by atoms with Crippen LogP contribution in [-0.2, 0) is 17.0 Å². The smallest absolute Gasteiger partial charge is 0.266 e. The van der Waals surface area contributed by atoms with Crippen LogP contribution in [0.5, 0.6) is 0 Å². The van der Waals surface area contributed by atoms with Gasteiger partial charge in [-0.05, 0) is 41.5 Å². The number of guanidine groups is 1. The molecule has 0 fully saturated rings. The van der Waals surface area contributed by atoms with Crippen molar-refractivity contribution < 1.29 is 18.0 Å². The lowest BCUT2D eigenvalue weighted by atomic mass is 9.82. The van der Waals surface area contributed by atoms with E-state index in [1.165, 1.54) is 43.7 Å². The average molecular weight is 400 g/mol. The molecule has 0 saturated carbocycles. The van der Waals surface area contributed by atoms with Gasteiger partial charge in [-0.15, -0.1) is 0 Å². The predicted octanol–water partition coefficient (Wildman–Crippen LogP) is 2.25. The summed E-state index contributed by atoms with van der Waals surface area (Å²) >= 11 is 0. The van der Waals surface area contributed by atoms with Crippen molar-refractivity contribution in [2.75, 3.05) is 7.05 Å². The number of carbonyl (C=O) groups is 1. The fourth-order valence-corrected chi connectivity index (χ4v) is 3.36. The van der Waals surface area contributed by atoms with Crippen LogP contribution in [0.3, 0.4) is 0 Å². The molecule has 0 aliphatic carbocycles. The fourth-order valence-electron chi connectivity index (χ4n) is 3.36. The Balaban J connectivity index is 2.03. The number of nitrogens with two attached hydrogens (primary N) is 1. The molecule has 1 atom stereocenters. The second-order valence-electron chi connectivity index (χ2n) is 6.49. The van der Waals surface area contributed by atoms with Gasteiger partial charge in [-0.25, -0.2) is 18.2 Å². The van der Waals surface area contributed by atoms with Gasteiger partial charge in [-0.2, -0.15) is 5.10 Å². The molecular formula is C19H15F3N6O. The van der Waals surface area contributed by atoms with Crippen molar-refractivity contribution in [3.63, 3.8) is 0 Å². The highest BCUT2D eigenvalue weighted by Gasteiger charge is 2.50. The molecule has 3 aromatic rings. The van der Waals surface area contributed by atoms with Gasteiger partial charge in [0.25, 0.3) is 5.91 Å². The van der Waals surface area contributed by atoms with Gasteiger partial charge < -0.3 is 5.73 Å². The normalized spacial score (nSPS) is 19.0. The van der Waals surface area contributed by atoms with Crippen molar-refractivity contribution in [2.45, 2.75) is 12.2 Å². The molecule has 1 aliphatic rings. The summed E-state index contributed by atoms with van der Waals surface area (Å²) in [6.45, 7) is -0.872. The average Bonchev–Trinajstić information content (AvgIpc) is 3.34. The Kier molecular flexibility index (Phi) is 4.33. The van der Waals surface area contributed by atoms with E-state index in [1.54, 1.807) is 0 Å². The van der Waals surface area contributed by atoms with Crippen molar-refractivity contribution >= 4 is 11.9 Å². The van der Waals surface area contributed by atoms with Crippen LogP contribution in [0.4, 0.5) is 13.2 Å². The first kappa shape index (κ1) is 18.7. The summed E-state index contributed by atoms with van der Waals surface area (Å²) in [7, 11) is 1.41. The number of alkyl halides is 1. The molecule has 3 N–H and O–H groups in total. The molecule has 1 aliphatic heterocycles. The van der Waals surface area contributed by atoms with Crippen LogP contribution in [-0.4, -0.2) is 39.0 Å². The summed E-state index contributed by atoms with van der Waals surface area (Å²) in [6, 6.07) is 6.45. The lowest BCUT2D eigenvalue weighted by molar-refractivity contribution is -0.129. The van der Waals surface area contributed by atoms with Gasteiger partial charge in [0.05, 0.1) is 11.4 Å². The third-order valence-corrected chi connectivity index (χ3v) is 4.83. The van der Waals surface area contributed by atoms with E-state index in [0.29, 0.717) is 0 Å². The Labute approximate surface area is 163 Å². The number of H-pyrrole nitrogens is 1. The van der Waals surface area contributed by atoms with Gasteiger partial charge in [-0.1, -0.05) is 0 Å². The minimum absolute atomic E-state index is 0.0303. The molecule has 0 saturated heterocycles. The molecule has 1 aromatic carbocycles. The number of hydrogen-bond acceptors (Lipinski definition) is 5. The number of rotatable bonds is 4. The molecule has 0 spiro atoms. The maximum absolute atomic E-state index is 14.5. The zero-order chi connectivity index (χ0) is 20.8. The Hall–Kier alpha value is -3.69. The number of nitrogens with zero attached hydrogens (tertiary/aromatic N) is 4. The molecule has 1 unspecified atom stereocenters. The lowest BCUT2D eigenvalue weighted by Crippen LogP contribution is -2.41. The molecule has 0 radical (unpaired) electrons. The Morgan fingerprint density at radius 1 is 1.21 bits per heavy atom. The van der Waals surface area contributed by atoms with Crippen LogP contribution in [0, 0.1) is 11.6 Å². The Morgan fingerprint density at radius 2 is 2.00 bits per heavy atom. The van der Waals surface area contributed by atoms with Crippen LogP contribution in [0.2, 0.25) is 0 Å². The number of aromatic amines is 1. The third kappa shape index (κ3) is 2.75. The van der Waals surface area contributed by atoms with E-state index < -0.39 is 29.8 Å². The second-order valence-corrected chi connectivity index (χ2v) is 6.49. The number of halogens is 3. The highest BCUT2D eigenvalue weighted by molar-refractivity contribution is 6.09. The number of nitrogens with one attached hydrogen (secondary N) is 1. The number of aliphatic imine (C=N–C) groups is 1. The number of benzene rings is 1. The van der Waals surface area contributed by atoms with Crippen molar-refractivity contribution in [1.82, 2.24) is 20.1 Å². The summed E-state index contributed by atoms with van der Waals surface area (Å²) in [5.41, 5.74) is 4.37. The molecule has 1 amide bonds. The predicted molar refractivity (Wildman–Crippen MR) is 98.2 cm³/mol. The van der Waals surface area contributed by atoms with Crippen molar-refractivity contribution in [2.24, 2.45) is 10.7 Å². The van der Waals surface area contributed by atoms with Crippen LogP contribution in [0.15, 0.2) is 47.7 Å². The first-order valence-corrected chi connectivity index (χ1v) is 8.53. The quantitative estimate of drug-likeness (QED) is 0.702. The minimum atomic E-state index is -1.81. The summed E-state index contributed by atoms with van der Waals surface area (Å²) in [5.74, 6) is -3.01. The zero-order valence-corrected chi connectivity index (χ0v) is 15.2. The van der Waals surface area contributed by atoms with Crippen LogP contribution < -0.4 is 5.73 Å². The molecule has 4 rings (SSSR count). The lowest BCUT2D eigenvalue weighted by Gasteiger charge is -2.27. The zero-order valence-electron chi connectivity index (χ0n) is 15.2. The van der Waals surface area contributed by atoms with Crippen molar-refractivity contribution in [3.05, 3.63) is 71.2 Å². The highest BCUT2D eigenvalue weighted by Crippen LogP contribution is 2.41. The largest absolute Gasteiger partial charge is 0.369 e. The van der Waals surface area contributed by atoms with Crippen LogP contribution in [0.1, 0.15) is 16.8 Å². The van der Waals surface area contributed by atoms with Gasteiger partial charge in [-0.3, -0.25) is 19.8 Å². The molecule has 3 heterocycles. The van der Waals surface area contributed by atoms with Crippen LogP contribution >= 0.6 is 0 Å². The van der Waals surface area contributed by atoms with E-state index in [-0.39, 0.29) is 34.0 Å². The van der Waals surface area contributed by atoms with Gasteiger partial charge in [0.1, 0.15) is 6.67 Å².